The Morgan fingerprint density at radius 1 is 1.36 bits per heavy atom. The zero-order valence-corrected chi connectivity index (χ0v) is 12.7. The Balaban J connectivity index is 2.12. The number of primary sulfonamides is 1. The second-order valence-corrected chi connectivity index (χ2v) is 7.15. The van der Waals surface area contributed by atoms with Crippen molar-refractivity contribution in [1.82, 2.24) is 4.90 Å². The first kappa shape index (κ1) is 16.4. The quantitative estimate of drug-likeness (QED) is 0.752. The van der Waals surface area contributed by atoms with Gasteiger partial charge >= 0.3 is 5.97 Å². The minimum atomic E-state index is -3.69. The molecule has 8 heteroatoms. The van der Waals surface area contributed by atoms with E-state index in [-0.39, 0.29) is 31.0 Å². The number of rotatable bonds is 6. The first-order valence-corrected chi connectivity index (χ1v) is 8.54. The number of carbonyl (C=O) groups excluding carboxylic acids is 1. The zero-order chi connectivity index (χ0) is 16.3. The third-order valence-electron chi connectivity index (χ3n) is 3.64. The van der Waals surface area contributed by atoms with Crippen LogP contribution in [-0.2, 0) is 26.0 Å². The molecule has 1 amide bonds. The highest BCUT2D eigenvalue weighted by atomic mass is 32.2. The van der Waals surface area contributed by atoms with Crippen molar-refractivity contribution in [2.75, 3.05) is 12.3 Å². The van der Waals surface area contributed by atoms with Gasteiger partial charge in [0.25, 0.3) is 0 Å². The van der Waals surface area contributed by atoms with Crippen molar-refractivity contribution in [3.63, 3.8) is 0 Å². The van der Waals surface area contributed by atoms with Crippen molar-refractivity contribution in [3.8, 4) is 0 Å². The lowest BCUT2D eigenvalue weighted by molar-refractivity contribution is -0.148. The van der Waals surface area contributed by atoms with Crippen LogP contribution in [0.4, 0.5) is 0 Å². The van der Waals surface area contributed by atoms with Gasteiger partial charge in [-0.05, 0) is 5.56 Å². The summed E-state index contributed by atoms with van der Waals surface area (Å²) in [6, 6.07) is 7.99. The van der Waals surface area contributed by atoms with Crippen LogP contribution in [0.1, 0.15) is 12.0 Å². The summed E-state index contributed by atoms with van der Waals surface area (Å²) in [6.45, 7) is 0.0963. The molecule has 1 unspecified atom stereocenters. The molecule has 3 N–H and O–H groups in total. The van der Waals surface area contributed by atoms with Crippen LogP contribution in [0, 0.1) is 5.92 Å². The van der Waals surface area contributed by atoms with Crippen molar-refractivity contribution in [3.05, 3.63) is 35.9 Å². The molecule has 2 atom stereocenters. The number of likely N-dealkylation sites (tertiary alicyclic amines) is 1. The van der Waals surface area contributed by atoms with Crippen LogP contribution >= 0.6 is 0 Å². The molecule has 1 saturated heterocycles. The van der Waals surface area contributed by atoms with Gasteiger partial charge in [-0.2, -0.15) is 0 Å². The van der Waals surface area contributed by atoms with Crippen LogP contribution in [0.25, 0.3) is 0 Å². The van der Waals surface area contributed by atoms with E-state index in [1.807, 2.05) is 6.07 Å². The summed E-state index contributed by atoms with van der Waals surface area (Å²) in [7, 11) is -3.69. The van der Waals surface area contributed by atoms with Crippen molar-refractivity contribution >= 4 is 21.9 Å². The first-order chi connectivity index (χ1) is 10.3. The summed E-state index contributed by atoms with van der Waals surface area (Å²) in [5.41, 5.74) is 0.803. The molecule has 0 saturated carbocycles. The highest BCUT2D eigenvalue weighted by molar-refractivity contribution is 7.89. The lowest BCUT2D eigenvalue weighted by atomic mass is 10.0. The second-order valence-electron chi connectivity index (χ2n) is 5.49. The van der Waals surface area contributed by atoms with E-state index in [2.05, 4.69) is 0 Å². The van der Waals surface area contributed by atoms with Gasteiger partial charge in [-0.15, -0.1) is 0 Å². The van der Waals surface area contributed by atoms with Gasteiger partial charge in [0, 0.05) is 25.3 Å². The second kappa shape index (κ2) is 6.45. The van der Waals surface area contributed by atoms with Crippen LogP contribution in [0.5, 0.6) is 0 Å². The lowest BCUT2D eigenvalue weighted by Gasteiger charge is -2.24. The molecule has 7 nitrogen and oxygen atoms in total. The van der Waals surface area contributed by atoms with Gasteiger partial charge in [-0.3, -0.25) is 4.79 Å². The first-order valence-electron chi connectivity index (χ1n) is 6.83. The van der Waals surface area contributed by atoms with E-state index >= 15 is 0 Å². The molecule has 0 radical (unpaired) electrons. The van der Waals surface area contributed by atoms with E-state index < -0.39 is 28.0 Å². The normalized spacial score (nSPS) is 20.1. The summed E-state index contributed by atoms with van der Waals surface area (Å²) < 4.78 is 22.3. The Hall–Kier alpha value is -1.93. The minimum Gasteiger partial charge on any atom is -0.480 e. The number of benzene rings is 1. The molecule has 1 heterocycles. The fourth-order valence-electron chi connectivity index (χ4n) is 2.72. The van der Waals surface area contributed by atoms with Crippen LogP contribution < -0.4 is 5.14 Å². The Morgan fingerprint density at radius 2 is 2.00 bits per heavy atom. The highest BCUT2D eigenvalue weighted by Gasteiger charge is 2.38. The summed E-state index contributed by atoms with van der Waals surface area (Å²) >= 11 is 0. The van der Waals surface area contributed by atoms with Gasteiger partial charge in [0.1, 0.15) is 6.04 Å². The molecule has 0 aromatic heterocycles. The fourth-order valence-corrected chi connectivity index (χ4v) is 3.60. The summed E-state index contributed by atoms with van der Waals surface area (Å²) in [4.78, 5) is 24.8. The lowest BCUT2D eigenvalue weighted by Crippen LogP contribution is -2.44. The number of hydrogen-bond acceptors (Lipinski definition) is 4. The van der Waals surface area contributed by atoms with Crippen molar-refractivity contribution < 1.29 is 23.1 Å². The molecule has 22 heavy (non-hydrogen) atoms. The van der Waals surface area contributed by atoms with Crippen LogP contribution in [0.2, 0.25) is 0 Å². The molecule has 120 valence electrons. The monoisotopic (exact) mass is 326 g/mol. The van der Waals surface area contributed by atoms with Crippen molar-refractivity contribution in [2.45, 2.75) is 18.9 Å². The number of carbonyl (C=O) groups is 2. The average Bonchev–Trinajstić information content (AvgIpc) is 2.75. The molecular weight excluding hydrogens is 308 g/mol. The Labute approximate surface area is 128 Å². The van der Waals surface area contributed by atoms with Gasteiger partial charge in [0.15, 0.2) is 0 Å². The maximum atomic E-state index is 12.0. The number of nitrogens with zero attached hydrogens (tertiary/aromatic N) is 1. The van der Waals surface area contributed by atoms with Gasteiger partial charge in [0.2, 0.25) is 15.9 Å². The van der Waals surface area contributed by atoms with E-state index in [0.717, 1.165) is 5.56 Å². The highest BCUT2D eigenvalue weighted by Crippen LogP contribution is 2.23. The number of amides is 1. The predicted molar refractivity (Wildman–Crippen MR) is 79.4 cm³/mol. The van der Waals surface area contributed by atoms with Crippen molar-refractivity contribution in [1.29, 1.82) is 0 Å². The number of carboxylic acids is 1. The van der Waals surface area contributed by atoms with Crippen LogP contribution in [0.15, 0.2) is 30.3 Å². The SMILES string of the molecule is NS(=O)(=O)CC1CC(=O)N([C@@H](Cc2ccccc2)C(=O)O)C1. The Morgan fingerprint density at radius 3 is 2.55 bits per heavy atom. The van der Waals surface area contributed by atoms with E-state index in [9.17, 15) is 23.1 Å². The summed E-state index contributed by atoms with van der Waals surface area (Å²) in [5.74, 6) is -2.22. The Bertz CT molecular complexity index is 659. The smallest absolute Gasteiger partial charge is 0.326 e. The van der Waals surface area contributed by atoms with E-state index in [1.54, 1.807) is 24.3 Å². The number of nitrogens with two attached hydrogens (primary N) is 1. The number of sulfonamides is 1. The van der Waals surface area contributed by atoms with E-state index in [4.69, 9.17) is 5.14 Å². The standard InChI is InChI=1S/C14H18N2O5S/c15-22(20,21)9-11-7-13(17)16(8-11)12(14(18)19)6-10-4-2-1-3-5-10/h1-5,11-12H,6-9H2,(H,18,19)(H2,15,20,21)/t11?,12-/m0/s1. The molecule has 0 aliphatic carbocycles. The number of hydrogen-bond donors (Lipinski definition) is 2. The molecule has 0 spiro atoms. The maximum Gasteiger partial charge on any atom is 0.326 e. The van der Waals surface area contributed by atoms with E-state index in [1.165, 1.54) is 4.90 Å². The molecule has 1 aliphatic rings. The average molecular weight is 326 g/mol. The molecule has 0 bridgehead atoms. The summed E-state index contributed by atoms with van der Waals surface area (Å²) in [5, 5.41) is 14.4. The summed E-state index contributed by atoms with van der Waals surface area (Å²) in [6.07, 6.45) is 0.193. The molecule has 1 fully saturated rings. The Kier molecular flexibility index (Phi) is 4.82. The van der Waals surface area contributed by atoms with E-state index in [0.29, 0.717) is 0 Å². The molecule has 1 aromatic carbocycles. The molecule has 1 aliphatic heterocycles. The number of carboxylic acid groups (broad SMARTS) is 1. The fraction of sp³-hybridized carbons (Fsp3) is 0.429. The minimum absolute atomic E-state index is 0.00893. The van der Waals surface area contributed by atoms with Crippen LogP contribution in [-0.4, -0.2) is 48.6 Å². The zero-order valence-electron chi connectivity index (χ0n) is 11.9. The largest absolute Gasteiger partial charge is 0.480 e. The van der Waals surface area contributed by atoms with Crippen LogP contribution in [0.3, 0.4) is 0 Å². The maximum absolute atomic E-state index is 12.0. The van der Waals surface area contributed by atoms with Gasteiger partial charge in [-0.25, -0.2) is 18.4 Å². The third kappa shape index (κ3) is 4.28. The third-order valence-corrected chi connectivity index (χ3v) is 4.58. The molecule has 1 aromatic rings. The molecule has 2 rings (SSSR count). The van der Waals surface area contributed by atoms with Gasteiger partial charge < -0.3 is 10.0 Å². The molecular formula is C14H18N2O5S. The number of aliphatic carboxylic acids is 1. The van der Waals surface area contributed by atoms with Gasteiger partial charge in [-0.1, -0.05) is 30.3 Å². The van der Waals surface area contributed by atoms with Crippen molar-refractivity contribution in [2.24, 2.45) is 11.1 Å². The predicted octanol–water partition coefficient (Wildman–Crippen LogP) is -0.181. The van der Waals surface area contributed by atoms with Gasteiger partial charge in [0.05, 0.1) is 5.75 Å². The topological polar surface area (TPSA) is 118 Å².